The molecular weight excluding hydrogens is 346 g/mol. The quantitative estimate of drug-likeness (QED) is 0.736. The van der Waals surface area contributed by atoms with Gasteiger partial charge in [0, 0.05) is 24.2 Å². The van der Waals surface area contributed by atoms with E-state index < -0.39 is 0 Å². The van der Waals surface area contributed by atoms with E-state index in [0.717, 1.165) is 50.3 Å². The fourth-order valence-electron chi connectivity index (χ4n) is 4.18. The number of para-hydroxylation sites is 1. The van der Waals surface area contributed by atoms with Gasteiger partial charge in [-0.3, -0.25) is 4.79 Å². The van der Waals surface area contributed by atoms with Gasteiger partial charge in [0.05, 0.1) is 5.69 Å². The Morgan fingerprint density at radius 3 is 2.42 bits per heavy atom. The topological polar surface area (TPSA) is 38.1 Å². The number of rotatable bonds is 5. The normalized spacial score (nSPS) is 17.4. The Hall–Kier alpha value is -1.65. The summed E-state index contributed by atoms with van der Waals surface area (Å²) in [5.74, 6) is 0.220. The second-order valence-electron chi connectivity index (χ2n) is 7.30. The zero-order valence-corrected chi connectivity index (χ0v) is 16.1. The van der Waals surface area contributed by atoms with Crippen LogP contribution in [0.2, 0.25) is 0 Å². The summed E-state index contributed by atoms with van der Waals surface area (Å²) in [6.07, 6.45) is 8.95. The number of aromatic nitrogens is 2. The van der Waals surface area contributed by atoms with E-state index in [-0.39, 0.29) is 18.2 Å². The lowest BCUT2D eigenvalue weighted by Gasteiger charge is -2.18. The lowest BCUT2D eigenvalue weighted by molar-refractivity contribution is 0.0958. The smallest absolute Gasteiger partial charge is 0.184 e. The Labute approximate surface area is 162 Å². The van der Waals surface area contributed by atoms with Crippen molar-refractivity contribution < 1.29 is 4.79 Å². The molecule has 2 aromatic rings. The number of halogens is 1. The number of nitrogens with zero attached hydrogens (tertiary/aromatic N) is 3. The standard InChI is InChI=1S/C21H27N3O.ClH/c25-20(13-16-23-14-6-1-2-7-15-23)21-18-11-8-12-19(18)24(22-21)17-9-4-3-5-10-17;/h3-5,9-10H,1-2,6-8,11-16H2;1H. The summed E-state index contributed by atoms with van der Waals surface area (Å²) < 4.78 is 2.00. The highest BCUT2D eigenvalue weighted by molar-refractivity contribution is 5.96. The molecule has 0 saturated carbocycles. The van der Waals surface area contributed by atoms with Crippen molar-refractivity contribution in [1.29, 1.82) is 0 Å². The zero-order chi connectivity index (χ0) is 17.1. The molecule has 4 nitrogen and oxygen atoms in total. The monoisotopic (exact) mass is 373 g/mol. The SMILES string of the molecule is Cl.O=C(CCN1CCCCCC1)c1nn(-c2ccccc2)c2c1CCC2. The van der Waals surface area contributed by atoms with E-state index in [4.69, 9.17) is 5.10 Å². The van der Waals surface area contributed by atoms with Crippen LogP contribution in [-0.2, 0) is 12.8 Å². The maximum Gasteiger partial charge on any atom is 0.184 e. The van der Waals surface area contributed by atoms with Crippen molar-refractivity contribution in [2.24, 2.45) is 0 Å². The average molecular weight is 374 g/mol. The summed E-state index contributed by atoms with van der Waals surface area (Å²) in [5, 5.41) is 4.73. The van der Waals surface area contributed by atoms with Crippen LogP contribution in [0.1, 0.15) is 60.3 Å². The number of fused-ring (bicyclic) bond motifs is 1. The molecule has 1 fully saturated rings. The van der Waals surface area contributed by atoms with E-state index in [1.807, 2.05) is 22.9 Å². The van der Waals surface area contributed by atoms with Crippen LogP contribution in [0.5, 0.6) is 0 Å². The molecule has 0 radical (unpaired) electrons. The Bertz CT molecular complexity index is 733. The van der Waals surface area contributed by atoms with Gasteiger partial charge in [0.25, 0.3) is 0 Å². The van der Waals surface area contributed by atoms with Gasteiger partial charge < -0.3 is 4.90 Å². The lowest BCUT2D eigenvalue weighted by Crippen LogP contribution is -2.27. The number of carbonyl (C=O) groups is 1. The van der Waals surface area contributed by atoms with E-state index in [0.29, 0.717) is 6.42 Å². The molecule has 0 bridgehead atoms. The Morgan fingerprint density at radius 2 is 1.69 bits per heavy atom. The third-order valence-electron chi connectivity index (χ3n) is 5.55. The largest absolute Gasteiger partial charge is 0.303 e. The number of likely N-dealkylation sites (tertiary alicyclic amines) is 1. The van der Waals surface area contributed by atoms with Gasteiger partial charge in [0.2, 0.25) is 0 Å². The van der Waals surface area contributed by atoms with Crippen LogP contribution in [0.3, 0.4) is 0 Å². The van der Waals surface area contributed by atoms with Crippen LogP contribution < -0.4 is 0 Å². The molecule has 1 aromatic heterocycles. The van der Waals surface area contributed by atoms with Crippen LogP contribution in [0.4, 0.5) is 0 Å². The number of hydrogen-bond donors (Lipinski definition) is 0. The number of Topliss-reactive ketones (excluding diaryl/α,β-unsaturated/α-hetero) is 1. The molecule has 1 aromatic carbocycles. The molecule has 2 heterocycles. The highest BCUT2D eigenvalue weighted by Crippen LogP contribution is 2.28. The summed E-state index contributed by atoms with van der Waals surface area (Å²) in [7, 11) is 0. The van der Waals surface area contributed by atoms with Gasteiger partial charge in [0.15, 0.2) is 5.78 Å². The Balaban J connectivity index is 0.00000196. The number of hydrogen-bond acceptors (Lipinski definition) is 3. The van der Waals surface area contributed by atoms with E-state index in [2.05, 4.69) is 17.0 Å². The zero-order valence-electron chi connectivity index (χ0n) is 15.3. The molecule has 1 aliphatic carbocycles. The molecule has 26 heavy (non-hydrogen) atoms. The van der Waals surface area contributed by atoms with Gasteiger partial charge >= 0.3 is 0 Å². The first-order valence-electron chi connectivity index (χ1n) is 9.74. The molecule has 2 aliphatic rings. The molecule has 0 N–H and O–H groups in total. The van der Waals surface area contributed by atoms with Crippen molar-refractivity contribution >= 4 is 18.2 Å². The van der Waals surface area contributed by atoms with Crippen LogP contribution in [0.15, 0.2) is 30.3 Å². The Kier molecular flexibility index (Phi) is 6.49. The van der Waals surface area contributed by atoms with Crippen molar-refractivity contribution in [2.75, 3.05) is 19.6 Å². The lowest BCUT2D eigenvalue weighted by atomic mass is 10.1. The predicted octanol–water partition coefficient (Wildman–Crippen LogP) is 4.23. The average Bonchev–Trinajstić information content (AvgIpc) is 3.15. The number of benzene rings is 1. The summed E-state index contributed by atoms with van der Waals surface area (Å²) in [6, 6.07) is 10.2. The van der Waals surface area contributed by atoms with Crippen molar-refractivity contribution in [3.05, 3.63) is 47.3 Å². The molecule has 140 valence electrons. The second kappa shape index (κ2) is 8.83. The van der Waals surface area contributed by atoms with Gasteiger partial charge in [-0.1, -0.05) is 31.0 Å². The summed E-state index contributed by atoms with van der Waals surface area (Å²) >= 11 is 0. The van der Waals surface area contributed by atoms with Gasteiger partial charge in [-0.25, -0.2) is 4.68 Å². The van der Waals surface area contributed by atoms with E-state index >= 15 is 0 Å². The Morgan fingerprint density at radius 1 is 0.962 bits per heavy atom. The van der Waals surface area contributed by atoms with Gasteiger partial charge in [-0.2, -0.15) is 5.10 Å². The van der Waals surface area contributed by atoms with Gasteiger partial charge in [-0.15, -0.1) is 12.4 Å². The second-order valence-corrected chi connectivity index (χ2v) is 7.30. The predicted molar refractivity (Wildman–Crippen MR) is 107 cm³/mol. The first-order chi connectivity index (χ1) is 12.3. The fraction of sp³-hybridized carbons (Fsp3) is 0.524. The van der Waals surface area contributed by atoms with Crippen molar-refractivity contribution in [3.8, 4) is 5.69 Å². The van der Waals surface area contributed by atoms with Gasteiger partial charge in [0.1, 0.15) is 5.69 Å². The molecule has 5 heteroatoms. The van der Waals surface area contributed by atoms with E-state index in [1.165, 1.54) is 36.9 Å². The first-order valence-corrected chi connectivity index (χ1v) is 9.74. The molecule has 4 rings (SSSR count). The van der Waals surface area contributed by atoms with E-state index in [9.17, 15) is 4.79 Å². The summed E-state index contributed by atoms with van der Waals surface area (Å²) in [4.78, 5) is 15.3. The maximum atomic E-state index is 12.9. The number of ketones is 1. The van der Waals surface area contributed by atoms with Crippen molar-refractivity contribution in [1.82, 2.24) is 14.7 Å². The molecule has 0 amide bonds. The van der Waals surface area contributed by atoms with Crippen molar-refractivity contribution in [2.45, 2.75) is 51.4 Å². The summed E-state index contributed by atoms with van der Waals surface area (Å²) in [6.45, 7) is 3.17. The molecule has 0 unspecified atom stereocenters. The highest BCUT2D eigenvalue weighted by Gasteiger charge is 2.26. The molecular formula is C21H28ClN3O. The fourth-order valence-corrected chi connectivity index (χ4v) is 4.18. The van der Waals surface area contributed by atoms with Crippen LogP contribution in [0.25, 0.3) is 5.69 Å². The van der Waals surface area contributed by atoms with Crippen LogP contribution in [0, 0.1) is 0 Å². The molecule has 1 aliphatic heterocycles. The minimum absolute atomic E-state index is 0. The maximum absolute atomic E-state index is 12.9. The highest BCUT2D eigenvalue weighted by atomic mass is 35.5. The third kappa shape index (κ3) is 4.02. The third-order valence-corrected chi connectivity index (χ3v) is 5.55. The minimum atomic E-state index is 0. The summed E-state index contributed by atoms with van der Waals surface area (Å²) in [5.41, 5.74) is 4.23. The first kappa shape index (κ1) is 19.1. The minimum Gasteiger partial charge on any atom is -0.303 e. The van der Waals surface area contributed by atoms with Gasteiger partial charge in [-0.05, 0) is 57.3 Å². The molecule has 0 atom stereocenters. The number of carbonyl (C=O) groups excluding carboxylic acids is 1. The molecule has 0 spiro atoms. The van der Waals surface area contributed by atoms with E-state index in [1.54, 1.807) is 0 Å². The van der Waals surface area contributed by atoms with Crippen LogP contribution >= 0.6 is 12.4 Å². The molecule has 1 saturated heterocycles. The van der Waals surface area contributed by atoms with Crippen LogP contribution in [-0.4, -0.2) is 40.1 Å². The van der Waals surface area contributed by atoms with Crippen molar-refractivity contribution in [3.63, 3.8) is 0 Å².